The minimum Gasteiger partial charge on any atom is -0.256 e. The molecule has 1 aromatic carbocycles. The topological polar surface area (TPSA) is 12.9 Å². The van der Waals surface area contributed by atoms with E-state index >= 15 is 0 Å². The zero-order chi connectivity index (χ0) is 12.1. The Balaban J connectivity index is 2.31. The highest BCUT2D eigenvalue weighted by atomic mass is 19.1. The standard InChI is InChI=1S/C15H16FN/c1-2-3-6-12-11-13(8-9-14(12)16)15-7-4-5-10-17-15/h4-5,7-11H,2-3,6H2,1H3. The number of unbranched alkanes of at least 4 members (excludes halogenated alkanes) is 1. The Hall–Kier alpha value is -1.70. The van der Waals surface area contributed by atoms with E-state index in [-0.39, 0.29) is 5.82 Å². The van der Waals surface area contributed by atoms with Gasteiger partial charge in [-0.2, -0.15) is 0 Å². The van der Waals surface area contributed by atoms with Gasteiger partial charge in [-0.1, -0.05) is 19.4 Å². The van der Waals surface area contributed by atoms with Gasteiger partial charge < -0.3 is 0 Å². The number of hydrogen-bond donors (Lipinski definition) is 0. The normalized spacial score (nSPS) is 10.5. The van der Waals surface area contributed by atoms with Crippen molar-refractivity contribution in [1.29, 1.82) is 0 Å². The van der Waals surface area contributed by atoms with Gasteiger partial charge in [0.1, 0.15) is 5.82 Å². The van der Waals surface area contributed by atoms with Crippen LogP contribution in [0.4, 0.5) is 4.39 Å². The molecule has 0 spiro atoms. The molecule has 1 aromatic heterocycles. The molecule has 1 nitrogen and oxygen atoms in total. The third-order valence-corrected chi connectivity index (χ3v) is 2.81. The lowest BCUT2D eigenvalue weighted by Gasteiger charge is -2.06. The smallest absolute Gasteiger partial charge is 0.126 e. The highest BCUT2D eigenvalue weighted by Crippen LogP contribution is 2.21. The molecule has 2 heteroatoms. The third kappa shape index (κ3) is 2.90. The van der Waals surface area contributed by atoms with Crippen LogP contribution >= 0.6 is 0 Å². The fraction of sp³-hybridized carbons (Fsp3) is 0.267. The fourth-order valence-electron chi connectivity index (χ4n) is 1.83. The van der Waals surface area contributed by atoms with E-state index in [4.69, 9.17) is 0 Å². The van der Waals surface area contributed by atoms with Crippen LogP contribution in [0.5, 0.6) is 0 Å². The maximum Gasteiger partial charge on any atom is 0.126 e. The van der Waals surface area contributed by atoms with E-state index in [2.05, 4.69) is 11.9 Å². The van der Waals surface area contributed by atoms with Gasteiger partial charge in [0.25, 0.3) is 0 Å². The minimum atomic E-state index is -0.113. The number of benzene rings is 1. The molecule has 17 heavy (non-hydrogen) atoms. The quantitative estimate of drug-likeness (QED) is 0.764. The van der Waals surface area contributed by atoms with Gasteiger partial charge >= 0.3 is 0 Å². The molecule has 0 fully saturated rings. The van der Waals surface area contributed by atoms with Crippen molar-refractivity contribution >= 4 is 0 Å². The summed E-state index contributed by atoms with van der Waals surface area (Å²) in [6, 6.07) is 11.0. The Morgan fingerprint density at radius 2 is 2.06 bits per heavy atom. The first-order valence-electron chi connectivity index (χ1n) is 6.01. The number of pyridine rings is 1. The molecule has 2 rings (SSSR count). The molecule has 0 atom stereocenters. The lowest BCUT2D eigenvalue weighted by molar-refractivity contribution is 0.603. The molecular weight excluding hydrogens is 213 g/mol. The predicted molar refractivity (Wildman–Crippen MR) is 68.2 cm³/mol. The van der Waals surface area contributed by atoms with E-state index < -0.39 is 0 Å². The second kappa shape index (κ2) is 5.58. The molecular formula is C15H16FN. The number of rotatable bonds is 4. The number of hydrogen-bond acceptors (Lipinski definition) is 1. The van der Waals surface area contributed by atoms with Crippen LogP contribution in [0.2, 0.25) is 0 Å². The minimum absolute atomic E-state index is 0.113. The van der Waals surface area contributed by atoms with Gasteiger partial charge in [0.2, 0.25) is 0 Å². The molecule has 0 aliphatic carbocycles. The number of aromatic nitrogens is 1. The van der Waals surface area contributed by atoms with Crippen molar-refractivity contribution < 1.29 is 4.39 Å². The van der Waals surface area contributed by atoms with E-state index in [1.54, 1.807) is 12.3 Å². The van der Waals surface area contributed by atoms with Crippen LogP contribution in [0, 0.1) is 5.82 Å². The van der Waals surface area contributed by atoms with Gasteiger partial charge in [-0.25, -0.2) is 4.39 Å². The molecule has 1 heterocycles. The largest absolute Gasteiger partial charge is 0.256 e. The van der Waals surface area contributed by atoms with E-state index in [1.807, 2.05) is 24.3 Å². The second-order valence-electron chi connectivity index (χ2n) is 4.12. The molecule has 0 radical (unpaired) electrons. The molecule has 0 N–H and O–H groups in total. The lowest BCUT2D eigenvalue weighted by Crippen LogP contribution is -1.92. The summed E-state index contributed by atoms with van der Waals surface area (Å²) >= 11 is 0. The molecule has 0 aliphatic rings. The Morgan fingerprint density at radius 3 is 2.76 bits per heavy atom. The van der Waals surface area contributed by atoms with Crippen molar-refractivity contribution in [1.82, 2.24) is 4.98 Å². The molecule has 0 unspecified atom stereocenters. The summed E-state index contributed by atoms with van der Waals surface area (Å²) in [4.78, 5) is 4.28. The van der Waals surface area contributed by atoms with Crippen LogP contribution in [0.25, 0.3) is 11.3 Å². The second-order valence-corrected chi connectivity index (χ2v) is 4.12. The maximum atomic E-state index is 13.6. The first-order chi connectivity index (χ1) is 8.31. The SMILES string of the molecule is CCCCc1cc(-c2ccccn2)ccc1F. The average molecular weight is 229 g/mol. The Kier molecular flexibility index (Phi) is 3.86. The Labute approximate surface area is 101 Å². The highest BCUT2D eigenvalue weighted by molar-refractivity contribution is 5.59. The lowest BCUT2D eigenvalue weighted by atomic mass is 10.0. The van der Waals surface area contributed by atoms with Crippen LogP contribution in [-0.2, 0) is 6.42 Å². The summed E-state index contributed by atoms with van der Waals surface area (Å²) in [5.41, 5.74) is 2.67. The van der Waals surface area contributed by atoms with Gasteiger partial charge in [0.15, 0.2) is 0 Å². The van der Waals surface area contributed by atoms with Crippen LogP contribution in [-0.4, -0.2) is 4.98 Å². The van der Waals surface area contributed by atoms with Gasteiger partial charge in [-0.15, -0.1) is 0 Å². The molecule has 0 bridgehead atoms. The van der Waals surface area contributed by atoms with Crippen molar-refractivity contribution in [2.75, 3.05) is 0 Å². The van der Waals surface area contributed by atoms with Crippen molar-refractivity contribution in [3.8, 4) is 11.3 Å². The fourth-order valence-corrected chi connectivity index (χ4v) is 1.83. The molecule has 2 aromatic rings. The zero-order valence-electron chi connectivity index (χ0n) is 9.99. The predicted octanol–water partition coefficient (Wildman–Crippen LogP) is 4.23. The molecule has 88 valence electrons. The van der Waals surface area contributed by atoms with Gasteiger partial charge in [0.05, 0.1) is 5.69 Å². The van der Waals surface area contributed by atoms with E-state index in [0.29, 0.717) is 0 Å². The first-order valence-corrected chi connectivity index (χ1v) is 6.01. The van der Waals surface area contributed by atoms with E-state index in [1.165, 1.54) is 6.07 Å². The van der Waals surface area contributed by atoms with Crippen LogP contribution < -0.4 is 0 Å². The van der Waals surface area contributed by atoms with Crippen molar-refractivity contribution in [3.05, 3.63) is 54.0 Å². The molecule has 0 saturated heterocycles. The summed E-state index contributed by atoms with van der Waals surface area (Å²) in [6.07, 6.45) is 4.64. The molecule has 0 amide bonds. The van der Waals surface area contributed by atoms with Gasteiger partial charge in [-0.3, -0.25) is 4.98 Å². The van der Waals surface area contributed by atoms with Crippen molar-refractivity contribution in [2.24, 2.45) is 0 Å². The van der Waals surface area contributed by atoms with Crippen LogP contribution in [0.15, 0.2) is 42.6 Å². The molecule has 0 saturated carbocycles. The highest BCUT2D eigenvalue weighted by Gasteiger charge is 2.05. The van der Waals surface area contributed by atoms with Gasteiger partial charge in [0, 0.05) is 11.8 Å². The first kappa shape index (κ1) is 11.8. The van der Waals surface area contributed by atoms with Crippen molar-refractivity contribution in [2.45, 2.75) is 26.2 Å². The number of halogens is 1. The van der Waals surface area contributed by atoms with Gasteiger partial charge in [-0.05, 0) is 48.7 Å². The van der Waals surface area contributed by atoms with Crippen LogP contribution in [0.1, 0.15) is 25.3 Å². The summed E-state index contributed by atoms with van der Waals surface area (Å²) in [6.45, 7) is 2.11. The van der Waals surface area contributed by atoms with Crippen LogP contribution in [0.3, 0.4) is 0 Å². The number of aryl methyl sites for hydroxylation is 1. The molecule has 0 aliphatic heterocycles. The van der Waals surface area contributed by atoms with E-state index in [9.17, 15) is 4.39 Å². The van der Waals surface area contributed by atoms with Crippen molar-refractivity contribution in [3.63, 3.8) is 0 Å². The third-order valence-electron chi connectivity index (χ3n) is 2.81. The monoisotopic (exact) mass is 229 g/mol. The van der Waals surface area contributed by atoms with E-state index in [0.717, 1.165) is 36.1 Å². The summed E-state index contributed by atoms with van der Waals surface area (Å²) < 4.78 is 13.6. The Bertz CT molecular complexity index is 480. The summed E-state index contributed by atoms with van der Waals surface area (Å²) in [7, 11) is 0. The summed E-state index contributed by atoms with van der Waals surface area (Å²) in [5, 5.41) is 0. The summed E-state index contributed by atoms with van der Waals surface area (Å²) in [5.74, 6) is -0.113. The maximum absolute atomic E-state index is 13.6. The zero-order valence-corrected chi connectivity index (χ0v) is 9.99. The number of nitrogens with zero attached hydrogens (tertiary/aromatic N) is 1. The Morgan fingerprint density at radius 1 is 1.18 bits per heavy atom. The average Bonchev–Trinajstić information content (AvgIpc) is 2.39.